The molecule has 0 spiro atoms. The van der Waals surface area contributed by atoms with Crippen LogP contribution in [0.4, 0.5) is 13.2 Å². The molecule has 0 aliphatic carbocycles. The molecule has 0 radical (unpaired) electrons. The van der Waals surface area contributed by atoms with E-state index in [9.17, 15) is 27.9 Å². The van der Waals surface area contributed by atoms with Gasteiger partial charge in [-0.25, -0.2) is 9.78 Å². The van der Waals surface area contributed by atoms with Gasteiger partial charge in [0.25, 0.3) is 5.56 Å². The van der Waals surface area contributed by atoms with E-state index in [1.807, 2.05) is 6.07 Å². The van der Waals surface area contributed by atoms with E-state index in [4.69, 9.17) is 4.74 Å². The maximum absolute atomic E-state index is 13.2. The number of ether oxygens (including phenoxy) is 2. The van der Waals surface area contributed by atoms with Crippen molar-refractivity contribution in [2.24, 2.45) is 12.5 Å². The molecule has 0 saturated carbocycles. The summed E-state index contributed by atoms with van der Waals surface area (Å²) in [6.07, 6.45) is -4.98. The van der Waals surface area contributed by atoms with E-state index in [2.05, 4.69) is 14.7 Å². The van der Waals surface area contributed by atoms with Gasteiger partial charge in [-0.05, 0) is 23.8 Å². The molecule has 0 atom stereocenters. The summed E-state index contributed by atoms with van der Waals surface area (Å²) in [4.78, 5) is 31.8. The lowest BCUT2D eigenvalue weighted by Crippen LogP contribution is -2.36. The Bertz CT molecular complexity index is 1540. The molecule has 4 rings (SSSR count). The van der Waals surface area contributed by atoms with E-state index >= 15 is 0 Å². The van der Waals surface area contributed by atoms with Gasteiger partial charge < -0.3 is 19.1 Å². The van der Waals surface area contributed by atoms with Crippen molar-refractivity contribution in [3.63, 3.8) is 0 Å². The molecule has 0 bridgehead atoms. The lowest BCUT2D eigenvalue weighted by atomic mass is 9.95. The number of nitrogens with zero attached hydrogens (tertiary/aromatic N) is 3. The van der Waals surface area contributed by atoms with E-state index in [1.165, 1.54) is 28.3 Å². The van der Waals surface area contributed by atoms with Gasteiger partial charge in [-0.15, -0.1) is 13.2 Å². The average molecular weight is 518 g/mol. The lowest BCUT2D eigenvalue weighted by Gasteiger charge is -2.22. The van der Waals surface area contributed by atoms with Crippen LogP contribution in [-0.2, 0) is 20.2 Å². The largest absolute Gasteiger partial charge is 0.573 e. The zero-order valence-electron chi connectivity index (χ0n) is 20.3. The van der Waals surface area contributed by atoms with Gasteiger partial charge in [0.1, 0.15) is 12.4 Å². The standard InChI is InChI=1S/C25H25F3N4O5/c1-24(2,14-33)13-32-21-19(22(34)30-23(32)35)31(3)20(29-21)16-9-10-17(18(11-16)37-25(26,27)28)36-12-15-7-5-4-6-8-15/h4-11,33H,12-14H2,1-3H3,(H,30,34,35). The predicted molar refractivity (Wildman–Crippen MR) is 129 cm³/mol. The topological polar surface area (TPSA) is 111 Å². The maximum Gasteiger partial charge on any atom is 0.573 e. The summed E-state index contributed by atoms with van der Waals surface area (Å²) >= 11 is 0. The third-order valence-electron chi connectivity index (χ3n) is 5.69. The van der Waals surface area contributed by atoms with E-state index in [0.29, 0.717) is 0 Å². The molecule has 12 heteroatoms. The first kappa shape index (κ1) is 26.0. The van der Waals surface area contributed by atoms with Gasteiger partial charge in [0, 0.05) is 31.2 Å². The highest BCUT2D eigenvalue weighted by atomic mass is 19.4. The third-order valence-corrected chi connectivity index (χ3v) is 5.69. The van der Waals surface area contributed by atoms with Crippen molar-refractivity contribution in [3.8, 4) is 22.9 Å². The van der Waals surface area contributed by atoms with Crippen molar-refractivity contribution in [2.75, 3.05) is 6.61 Å². The van der Waals surface area contributed by atoms with Crippen molar-refractivity contribution in [1.29, 1.82) is 0 Å². The highest BCUT2D eigenvalue weighted by Crippen LogP contribution is 2.37. The Balaban J connectivity index is 1.81. The zero-order chi connectivity index (χ0) is 27.0. The number of aromatic nitrogens is 4. The Morgan fingerprint density at radius 3 is 2.41 bits per heavy atom. The van der Waals surface area contributed by atoms with Crippen molar-refractivity contribution in [1.82, 2.24) is 19.1 Å². The first-order valence-electron chi connectivity index (χ1n) is 11.3. The Morgan fingerprint density at radius 1 is 1.05 bits per heavy atom. The number of benzene rings is 2. The smallest absolute Gasteiger partial charge is 0.485 e. The Hall–Kier alpha value is -4.06. The van der Waals surface area contributed by atoms with Crippen molar-refractivity contribution in [3.05, 3.63) is 74.9 Å². The number of aliphatic hydroxyl groups is 1. The average Bonchev–Trinajstić information content (AvgIpc) is 3.18. The number of hydrogen-bond donors (Lipinski definition) is 2. The fraction of sp³-hybridized carbons (Fsp3) is 0.320. The quantitative estimate of drug-likeness (QED) is 0.369. The summed E-state index contributed by atoms with van der Waals surface area (Å²) < 4.78 is 52.0. The minimum Gasteiger partial charge on any atom is -0.485 e. The molecule has 0 aliphatic rings. The van der Waals surface area contributed by atoms with Crippen LogP contribution in [0.3, 0.4) is 0 Å². The van der Waals surface area contributed by atoms with Gasteiger partial charge in [-0.3, -0.25) is 14.3 Å². The maximum atomic E-state index is 13.2. The van der Waals surface area contributed by atoms with Crippen LogP contribution in [-0.4, -0.2) is 37.2 Å². The molecule has 2 aromatic carbocycles. The van der Waals surface area contributed by atoms with Crippen LogP contribution in [0.2, 0.25) is 0 Å². The fourth-order valence-electron chi connectivity index (χ4n) is 3.84. The molecule has 2 heterocycles. The van der Waals surface area contributed by atoms with Gasteiger partial charge in [0.15, 0.2) is 22.7 Å². The number of H-pyrrole nitrogens is 1. The molecular formula is C25H25F3N4O5. The normalized spacial score (nSPS) is 12.2. The van der Waals surface area contributed by atoms with Gasteiger partial charge in [0.2, 0.25) is 0 Å². The molecule has 4 aromatic rings. The number of imidazole rings is 1. The number of fused-ring (bicyclic) bond motifs is 1. The van der Waals surface area contributed by atoms with Crippen LogP contribution < -0.4 is 20.7 Å². The van der Waals surface area contributed by atoms with Crippen LogP contribution >= 0.6 is 0 Å². The molecule has 0 unspecified atom stereocenters. The molecule has 9 nitrogen and oxygen atoms in total. The molecule has 37 heavy (non-hydrogen) atoms. The second-order valence-corrected chi connectivity index (χ2v) is 9.32. The summed E-state index contributed by atoms with van der Waals surface area (Å²) in [6, 6.07) is 12.8. The molecule has 2 N–H and O–H groups in total. The van der Waals surface area contributed by atoms with Gasteiger partial charge >= 0.3 is 12.1 Å². The molecular weight excluding hydrogens is 493 g/mol. The second-order valence-electron chi connectivity index (χ2n) is 9.32. The number of halogens is 3. The van der Waals surface area contributed by atoms with Crippen LogP contribution in [0.1, 0.15) is 19.4 Å². The zero-order valence-corrected chi connectivity index (χ0v) is 20.3. The van der Waals surface area contributed by atoms with Gasteiger partial charge in [0.05, 0.1) is 0 Å². The summed E-state index contributed by atoms with van der Waals surface area (Å²) in [6.45, 7) is 3.29. The van der Waals surface area contributed by atoms with E-state index < -0.39 is 28.8 Å². The number of nitrogens with one attached hydrogen (secondary N) is 1. The number of aryl methyl sites for hydroxylation is 1. The van der Waals surface area contributed by atoms with Crippen LogP contribution in [0.5, 0.6) is 11.5 Å². The van der Waals surface area contributed by atoms with Crippen molar-refractivity contribution >= 4 is 11.2 Å². The fourth-order valence-corrected chi connectivity index (χ4v) is 3.84. The van der Waals surface area contributed by atoms with Crippen LogP contribution in [0, 0.1) is 5.41 Å². The highest BCUT2D eigenvalue weighted by molar-refractivity contribution is 5.77. The van der Waals surface area contributed by atoms with E-state index in [1.54, 1.807) is 38.1 Å². The van der Waals surface area contributed by atoms with Crippen molar-refractivity contribution in [2.45, 2.75) is 33.4 Å². The van der Waals surface area contributed by atoms with Crippen LogP contribution in [0.25, 0.3) is 22.6 Å². The van der Waals surface area contributed by atoms with Gasteiger partial charge in [-0.1, -0.05) is 44.2 Å². The Kier molecular flexibility index (Phi) is 6.87. The first-order valence-corrected chi connectivity index (χ1v) is 11.3. The summed E-state index contributed by atoms with van der Waals surface area (Å²) in [7, 11) is 1.51. The highest BCUT2D eigenvalue weighted by Gasteiger charge is 2.33. The second kappa shape index (κ2) is 9.77. The molecule has 0 saturated heterocycles. The summed E-state index contributed by atoms with van der Waals surface area (Å²) in [5.41, 5.74) is -1.09. The Labute approximate surface area is 208 Å². The summed E-state index contributed by atoms with van der Waals surface area (Å²) in [5, 5.41) is 9.65. The number of aromatic amines is 1. The van der Waals surface area contributed by atoms with Gasteiger partial charge in [-0.2, -0.15) is 0 Å². The SMILES string of the molecule is Cn1c(-c2ccc(OCc3ccccc3)c(OC(F)(F)F)c2)nc2c1c(=O)[nH]c(=O)n2CC(C)(C)CO. The molecule has 0 aliphatic heterocycles. The predicted octanol–water partition coefficient (Wildman–Crippen LogP) is 3.59. The minimum absolute atomic E-state index is 0.0169. The Morgan fingerprint density at radius 2 is 1.76 bits per heavy atom. The lowest BCUT2D eigenvalue weighted by molar-refractivity contribution is -0.275. The minimum atomic E-state index is -4.98. The third kappa shape index (κ3) is 5.69. The molecule has 196 valence electrons. The van der Waals surface area contributed by atoms with Crippen molar-refractivity contribution < 1.29 is 27.8 Å². The molecule has 0 fully saturated rings. The molecule has 0 amide bonds. The number of aliphatic hydroxyl groups excluding tert-OH is 1. The number of alkyl halides is 3. The van der Waals surface area contributed by atoms with Crippen LogP contribution in [0.15, 0.2) is 58.1 Å². The van der Waals surface area contributed by atoms with E-state index in [0.717, 1.165) is 11.6 Å². The number of rotatable bonds is 8. The first-order chi connectivity index (χ1) is 17.4. The number of hydrogen-bond acceptors (Lipinski definition) is 6. The van der Waals surface area contributed by atoms with E-state index in [-0.39, 0.29) is 48.1 Å². The monoisotopic (exact) mass is 518 g/mol. The molecule has 2 aromatic heterocycles. The summed E-state index contributed by atoms with van der Waals surface area (Å²) in [5.74, 6) is -0.591.